The minimum atomic E-state index is -4.46. The van der Waals surface area contributed by atoms with E-state index in [0.29, 0.717) is 11.6 Å². The smallest absolute Gasteiger partial charge is 0.416 e. The number of nitrogens with zero attached hydrogens (tertiary/aromatic N) is 2. The molecular formula is C12H12F3N3O. The molecule has 0 saturated carbocycles. The lowest BCUT2D eigenvalue weighted by atomic mass is 10.2. The van der Waals surface area contributed by atoms with Gasteiger partial charge in [-0.2, -0.15) is 18.3 Å². The summed E-state index contributed by atoms with van der Waals surface area (Å²) in [5.74, 6) is 0.367. The van der Waals surface area contributed by atoms with E-state index >= 15 is 0 Å². The maximum absolute atomic E-state index is 12.6. The lowest BCUT2D eigenvalue weighted by Gasteiger charge is -2.11. The fourth-order valence-corrected chi connectivity index (χ4v) is 1.65. The van der Waals surface area contributed by atoms with Gasteiger partial charge >= 0.3 is 6.18 Å². The molecule has 0 unspecified atom stereocenters. The number of alkyl halides is 3. The van der Waals surface area contributed by atoms with Crippen molar-refractivity contribution in [2.75, 3.05) is 5.73 Å². The van der Waals surface area contributed by atoms with Crippen LogP contribution >= 0.6 is 0 Å². The van der Waals surface area contributed by atoms with Gasteiger partial charge in [0.1, 0.15) is 5.75 Å². The molecule has 1 aromatic carbocycles. The van der Waals surface area contributed by atoms with Gasteiger partial charge in [0.25, 0.3) is 0 Å². The molecule has 7 heteroatoms. The van der Waals surface area contributed by atoms with Crippen LogP contribution in [0, 0.1) is 6.92 Å². The van der Waals surface area contributed by atoms with Gasteiger partial charge in [-0.3, -0.25) is 0 Å². The van der Waals surface area contributed by atoms with E-state index in [9.17, 15) is 13.2 Å². The molecule has 19 heavy (non-hydrogen) atoms. The second-order valence-electron chi connectivity index (χ2n) is 4.14. The Hall–Kier alpha value is -2.18. The number of aryl methyl sites for hydroxylation is 2. The summed E-state index contributed by atoms with van der Waals surface area (Å²) in [7, 11) is 1.64. The molecule has 1 aromatic heterocycles. The van der Waals surface area contributed by atoms with Crippen LogP contribution in [-0.2, 0) is 13.2 Å². The molecule has 0 fully saturated rings. The average molecular weight is 271 g/mol. The Kier molecular flexibility index (Phi) is 3.13. The standard InChI is InChI=1S/C12H12F3N3O/c1-7-3-11(18(2)17-7)19-10-5-8(12(13,14)15)4-9(16)6-10/h3-6H,16H2,1-2H3. The maximum Gasteiger partial charge on any atom is 0.416 e. The molecule has 0 radical (unpaired) electrons. The molecule has 0 bridgehead atoms. The van der Waals surface area contributed by atoms with Gasteiger partial charge in [0.15, 0.2) is 0 Å². The summed E-state index contributed by atoms with van der Waals surface area (Å²) in [6.45, 7) is 1.76. The number of nitrogens with two attached hydrogens (primary N) is 1. The van der Waals surface area contributed by atoms with Crippen LogP contribution in [0.5, 0.6) is 11.6 Å². The zero-order valence-electron chi connectivity index (χ0n) is 10.3. The fourth-order valence-electron chi connectivity index (χ4n) is 1.65. The zero-order chi connectivity index (χ0) is 14.2. The topological polar surface area (TPSA) is 53.1 Å². The Bertz CT molecular complexity index is 605. The highest BCUT2D eigenvalue weighted by molar-refractivity contribution is 5.49. The summed E-state index contributed by atoms with van der Waals surface area (Å²) in [6.07, 6.45) is -4.46. The molecule has 0 atom stereocenters. The Labute approximate surface area is 107 Å². The first-order chi connectivity index (χ1) is 8.75. The normalized spacial score (nSPS) is 11.6. The van der Waals surface area contributed by atoms with Gasteiger partial charge in [0.2, 0.25) is 5.88 Å². The number of rotatable bonds is 2. The zero-order valence-corrected chi connectivity index (χ0v) is 10.3. The lowest BCUT2D eigenvalue weighted by Crippen LogP contribution is -2.06. The molecule has 1 heterocycles. The first kappa shape index (κ1) is 13.3. The molecule has 4 nitrogen and oxygen atoms in total. The van der Waals surface area contributed by atoms with Crippen molar-refractivity contribution in [3.63, 3.8) is 0 Å². The van der Waals surface area contributed by atoms with Gasteiger partial charge in [0.05, 0.1) is 11.3 Å². The van der Waals surface area contributed by atoms with Crippen LogP contribution in [0.15, 0.2) is 24.3 Å². The molecule has 0 aliphatic heterocycles. The van der Waals surface area contributed by atoms with Crippen molar-refractivity contribution in [1.82, 2.24) is 9.78 Å². The van der Waals surface area contributed by atoms with E-state index in [1.54, 1.807) is 20.0 Å². The van der Waals surface area contributed by atoms with Crippen molar-refractivity contribution >= 4 is 5.69 Å². The van der Waals surface area contributed by atoms with Crippen molar-refractivity contribution in [3.05, 3.63) is 35.5 Å². The minimum absolute atomic E-state index is 0.0104. The molecule has 0 saturated heterocycles. The molecule has 2 N–H and O–H groups in total. The summed E-state index contributed by atoms with van der Waals surface area (Å²) >= 11 is 0. The lowest BCUT2D eigenvalue weighted by molar-refractivity contribution is -0.137. The predicted molar refractivity (Wildman–Crippen MR) is 63.9 cm³/mol. The van der Waals surface area contributed by atoms with Gasteiger partial charge in [-0.1, -0.05) is 0 Å². The minimum Gasteiger partial charge on any atom is -0.439 e. The summed E-state index contributed by atoms with van der Waals surface area (Å²) in [5, 5.41) is 4.04. The summed E-state index contributed by atoms with van der Waals surface area (Å²) < 4.78 is 44.7. The maximum atomic E-state index is 12.6. The number of halogens is 3. The van der Waals surface area contributed by atoms with E-state index in [4.69, 9.17) is 10.5 Å². The highest BCUT2D eigenvalue weighted by atomic mass is 19.4. The first-order valence-corrected chi connectivity index (χ1v) is 5.42. The summed E-state index contributed by atoms with van der Waals surface area (Å²) in [6, 6.07) is 4.72. The van der Waals surface area contributed by atoms with Crippen molar-refractivity contribution in [2.45, 2.75) is 13.1 Å². The molecule has 0 aliphatic carbocycles. The molecule has 0 spiro atoms. The third-order valence-electron chi connectivity index (χ3n) is 2.44. The highest BCUT2D eigenvalue weighted by Crippen LogP contribution is 2.34. The second-order valence-corrected chi connectivity index (χ2v) is 4.14. The van der Waals surface area contributed by atoms with E-state index in [2.05, 4.69) is 5.10 Å². The Morgan fingerprint density at radius 2 is 1.89 bits per heavy atom. The van der Waals surface area contributed by atoms with Gasteiger partial charge < -0.3 is 10.5 Å². The van der Waals surface area contributed by atoms with E-state index in [0.717, 1.165) is 12.1 Å². The molecule has 2 aromatic rings. The predicted octanol–water partition coefficient (Wildman–Crippen LogP) is 3.12. The second kappa shape index (κ2) is 4.49. The van der Waals surface area contributed by atoms with Gasteiger partial charge in [-0.25, -0.2) is 4.68 Å². The number of hydrogen-bond acceptors (Lipinski definition) is 3. The fraction of sp³-hybridized carbons (Fsp3) is 0.250. The number of nitrogen functional groups attached to an aromatic ring is 1. The Morgan fingerprint density at radius 1 is 1.21 bits per heavy atom. The molecule has 0 amide bonds. The number of anilines is 1. The number of aromatic nitrogens is 2. The molecular weight excluding hydrogens is 259 g/mol. The monoisotopic (exact) mass is 271 g/mol. The third-order valence-corrected chi connectivity index (χ3v) is 2.44. The first-order valence-electron chi connectivity index (χ1n) is 5.42. The van der Waals surface area contributed by atoms with Gasteiger partial charge in [-0.05, 0) is 19.1 Å². The molecule has 2 rings (SSSR count). The quantitative estimate of drug-likeness (QED) is 0.854. The number of benzene rings is 1. The largest absolute Gasteiger partial charge is 0.439 e. The summed E-state index contributed by atoms with van der Waals surface area (Å²) in [4.78, 5) is 0. The van der Waals surface area contributed by atoms with Crippen LogP contribution in [0.1, 0.15) is 11.3 Å². The Morgan fingerprint density at radius 3 is 2.42 bits per heavy atom. The van der Waals surface area contributed by atoms with Crippen LogP contribution in [-0.4, -0.2) is 9.78 Å². The van der Waals surface area contributed by atoms with Crippen molar-refractivity contribution in [3.8, 4) is 11.6 Å². The van der Waals surface area contributed by atoms with E-state index in [-0.39, 0.29) is 11.4 Å². The van der Waals surface area contributed by atoms with Crippen LogP contribution in [0.4, 0.5) is 18.9 Å². The molecule has 102 valence electrons. The van der Waals surface area contributed by atoms with Gasteiger partial charge in [-0.15, -0.1) is 0 Å². The van der Waals surface area contributed by atoms with Crippen molar-refractivity contribution in [1.29, 1.82) is 0 Å². The van der Waals surface area contributed by atoms with Crippen LogP contribution in [0.3, 0.4) is 0 Å². The van der Waals surface area contributed by atoms with Gasteiger partial charge in [0, 0.05) is 24.9 Å². The van der Waals surface area contributed by atoms with Crippen LogP contribution < -0.4 is 10.5 Å². The van der Waals surface area contributed by atoms with Crippen LogP contribution in [0.25, 0.3) is 0 Å². The molecule has 0 aliphatic rings. The van der Waals surface area contributed by atoms with Crippen LogP contribution in [0.2, 0.25) is 0 Å². The highest BCUT2D eigenvalue weighted by Gasteiger charge is 2.31. The van der Waals surface area contributed by atoms with Crippen molar-refractivity contribution in [2.24, 2.45) is 7.05 Å². The van der Waals surface area contributed by atoms with Crippen molar-refractivity contribution < 1.29 is 17.9 Å². The summed E-state index contributed by atoms with van der Waals surface area (Å²) in [5.41, 5.74) is 5.30. The number of ether oxygens (including phenoxy) is 1. The van der Waals surface area contributed by atoms with E-state index in [1.165, 1.54) is 10.7 Å². The SMILES string of the molecule is Cc1cc(Oc2cc(N)cc(C(F)(F)F)c2)n(C)n1. The Balaban J connectivity index is 2.35. The average Bonchev–Trinajstić information content (AvgIpc) is 2.55. The van der Waals surface area contributed by atoms with E-state index in [1.807, 2.05) is 0 Å². The number of hydrogen-bond donors (Lipinski definition) is 1. The van der Waals surface area contributed by atoms with E-state index < -0.39 is 11.7 Å². The third kappa shape index (κ3) is 2.98.